The Morgan fingerprint density at radius 2 is 1.52 bits per heavy atom. The molecule has 0 amide bonds. The lowest BCUT2D eigenvalue weighted by Crippen LogP contribution is -2.24. The van der Waals surface area contributed by atoms with Gasteiger partial charge in [0.1, 0.15) is 0 Å². The minimum atomic E-state index is 0.206. The molecule has 2 aromatic carbocycles. The first-order valence-electron chi connectivity index (χ1n) is 7.39. The molecule has 0 spiro atoms. The molecule has 4 nitrogen and oxygen atoms in total. The molecule has 0 unspecified atom stereocenters. The van der Waals surface area contributed by atoms with Crippen molar-refractivity contribution in [2.75, 3.05) is 7.05 Å². The van der Waals surface area contributed by atoms with Gasteiger partial charge in [-0.05, 0) is 13.0 Å². The number of hydrogen-bond acceptors (Lipinski definition) is 2. The molecular formula is C19H20N4. The van der Waals surface area contributed by atoms with Gasteiger partial charge in [0.15, 0.2) is 11.7 Å². The predicted molar refractivity (Wildman–Crippen MR) is 97.3 cm³/mol. The van der Waals surface area contributed by atoms with E-state index in [4.69, 9.17) is 5.41 Å². The molecule has 4 heteroatoms. The van der Waals surface area contributed by atoms with Crippen molar-refractivity contribution in [3.63, 3.8) is 0 Å². The van der Waals surface area contributed by atoms with Gasteiger partial charge >= 0.3 is 0 Å². The van der Waals surface area contributed by atoms with Gasteiger partial charge in [-0.2, -0.15) is 5.10 Å². The highest BCUT2D eigenvalue weighted by Crippen LogP contribution is 2.08. The van der Waals surface area contributed by atoms with Crippen LogP contribution in [0.4, 0.5) is 0 Å². The average molecular weight is 304 g/mol. The summed E-state index contributed by atoms with van der Waals surface area (Å²) in [4.78, 5) is 4.48. The third-order valence-electron chi connectivity index (χ3n) is 3.12. The number of hydrogen-bond donors (Lipinski definition) is 1. The van der Waals surface area contributed by atoms with E-state index in [1.54, 1.807) is 11.2 Å². The van der Waals surface area contributed by atoms with Gasteiger partial charge in [-0.1, -0.05) is 66.7 Å². The van der Waals surface area contributed by atoms with Crippen LogP contribution in [-0.2, 0) is 0 Å². The van der Waals surface area contributed by atoms with E-state index in [1.165, 1.54) is 0 Å². The summed E-state index contributed by atoms with van der Waals surface area (Å²) in [6.45, 7) is 1.93. The fraction of sp³-hybridized carbons (Fsp3) is 0.105. The summed E-state index contributed by atoms with van der Waals surface area (Å²) in [6, 6.07) is 19.2. The van der Waals surface area contributed by atoms with E-state index >= 15 is 0 Å². The first-order valence-corrected chi connectivity index (χ1v) is 7.39. The van der Waals surface area contributed by atoms with E-state index < -0.39 is 0 Å². The van der Waals surface area contributed by atoms with Gasteiger partial charge in [0.05, 0.1) is 0 Å². The Morgan fingerprint density at radius 1 is 0.957 bits per heavy atom. The van der Waals surface area contributed by atoms with Crippen LogP contribution in [0, 0.1) is 5.41 Å². The Kier molecular flexibility index (Phi) is 6.00. The molecule has 23 heavy (non-hydrogen) atoms. The standard InChI is InChI=1S/C19H20N4/c1-3-4-15-21-23(2)19(17-13-9-6-10-14-17)22-18(20)16-11-7-5-8-12-16/h3-15,20H,1-2H3/b4-3-,20-18?,21-15-,22-19?. The monoisotopic (exact) mass is 304 g/mol. The summed E-state index contributed by atoms with van der Waals surface area (Å²) in [5.41, 5.74) is 1.68. The van der Waals surface area contributed by atoms with Crippen LogP contribution in [0.2, 0.25) is 0 Å². The molecule has 0 aliphatic heterocycles. The number of hydrazone groups is 1. The van der Waals surface area contributed by atoms with E-state index in [1.807, 2.05) is 86.8 Å². The lowest BCUT2D eigenvalue weighted by atomic mass is 10.2. The molecule has 0 aromatic heterocycles. The lowest BCUT2D eigenvalue weighted by molar-refractivity contribution is 0.549. The van der Waals surface area contributed by atoms with Crippen molar-refractivity contribution in [1.29, 1.82) is 5.41 Å². The first-order chi connectivity index (χ1) is 11.2. The molecular weight excluding hydrogens is 284 g/mol. The van der Waals surface area contributed by atoms with Crippen molar-refractivity contribution in [2.45, 2.75) is 6.92 Å². The number of nitrogens with one attached hydrogen (secondary N) is 1. The summed E-state index contributed by atoms with van der Waals surface area (Å²) in [5, 5.41) is 14.2. The van der Waals surface area contributed by atoms with Crippen LogP contribution in [0.3, 0.4) is 0 Å². The number of allylic oxidation sites excluding steroid dienone is 2. The minimum absolute atomic E-state index is 0.206. The molecule has 0 bridgehead atoms. The molecule has 2 aromatic rings. The van der Waals surface area contributed by atoms with Gasteiger partial charge < -0.3 is 0 Å². The van der Waals surface area contributed by atoms with Crippen molar-refractivity contribution in [3.05, 3.63) is 83.9 Å². The quantitative estimate of drug-likeness (QED) is 0.519. The first kappa shape index (κ1) is 16.4. The van der Waals surface area contributed by atoms with Crippen LogP contribution in [0.25, 0.3) is 0 Å². The Balaban J connectivity index is 2.37. The van der Waals surface area contributed by atoms with Gasteiger partial charge in [0.2, 0.25) is 0 Å². The molecule has 0 radical (unpaired) electrons. The fourth-order valence-electron chi connectivity index (χ4n) is 1.96. The molecule has 1 N–H and O–H groups in total. The van der Waals surface area contributed by atoms with E-state index in [0.29, 0.717) is 5.84 Å². The largest absolute Gasteiger partial charge is 0.282 e. The van der Waals surface area contributed by atoms with Crippen LogP contribution in [0.15, 0.2) is 82.9 Å². The summed E-state index contributed by atoms with van der Waals surface area (Å²) >= 11 is 0. The van der Waals surface area contributed by atoms with Crippen LogP contribution in [-0.4, -0.2) is 29.9 Å². The molecule has 0 saturated heterocycles. The highest BCUT2D eigenvalue weighted by atomic mass is 15.5. The maximum Gasteiger partial charge on any atom is 0.158 e. The van der Waals surface area contributed by atoms with Gasteiger partial charge in [-0.25, -0.2) is 4.99 Å². The van der Waals surface area contributed by atoms with E-state index in [0.717, 1.165) is 11.1 Å². The third-order valence-corrected chi connectivity index (χ3v) is 3.12. The Labute approximate surface area is 137 Å². The zero-order valence-corrected chi connectivity index (χ0v) is 13.3. The second-order valence-corrected chi connectivity index (χ2v) is 4.83. The van der Waals surface area contributed by atoms with Gasteiger partial charge in [-0.3, -0.25) is 10.4 Å². The second-order valence-electron chi connectivity index (χ2n) is 4.83. The van der Waals surface area contributed by atoms with Crippen molar-refractivity contribution in [2.24, 2.45) is 10.1 Å². The third kappa shape index (κ3) is 4.74. The van der Waals surface area contributed by atoms with Gasteiger partial charge in [0.25, 0.3) is 0 Å². The summed E-state index contributed by atoms with van der Waals surface area (Å²) in [6.07, 6.45) is 5.45. The molecule has 0 aliphatic carbocycles. The number of rotatable bonds is 4. The predicted octanol–water partition coefficient (Wildman–Crippen LogP) is 3.95. The smallest absolute Gasteiger partial charge is 0.158 e. The van der Waals surface area contributed by atoms with E-state index in [2.05, 4.69) is 10.1 Å². The molecule has 0 aliphatic rings. The summed E-state index contributed by atoms with van der Waals surface area (Å²) in [7, 11) is 1.82. The lowest BCUT2D eigenvalue weighted by Gasteiger charge is -2.16. The molecule has 0 heterocycles. The van der Waals surface area contributed by atoms with Crippen molar-refractivity contribution >= 4 is 17.9 Å². The van der Waals surface area contributed by atoms with Crippen LogP contribution >= 0.6 is 0 Å². The number of amidine groups is 2. The van der Waals surface area contributed by atoms with Crippen LogP contribution < -0.4 is 0 Å². The van der Waals surface area contributed by atoms with Crippen LogP contribution in [0.5, 0.6) is 0 Å². The zero-order chi connectivity index (χ0) is 16.5. The highest BCUT2D eigenvalue weighted by Gasteiger charge is 2.10. The van der Waals surface area contributed by atoms with Gasteiger partial charge in [0, 0.05) is 24.4 Å². The van der Waals surface area contributed by atoms with Crippen molar-refractivity contribution in [1.82, 2.24) is 5.01 Å². The van der Waals surface area contributed by atoms with E-state index in [-0.39, 0.29) is 5.84 Å². The Hall–Kier alpha value is -3.01. The van der Waals surface area contributed by atoms with E-state index in [9.17, 15) is 0 Å². The normalized spacial score (nSPS) is 12.0. The number of aliphatic imine (C=N–C) groups is 1. The highest BCUT2D eigenvalue weighted by molar-refractivity contribution is 6.10. The molecule has 0 fully saturated rings. The molecule has 0 saturated carbocycles. The average Bonchev–Trinajstić information content (AvgIpc) is 2.61. The maximum absolute atomic E-state index is 8.24. The number of benzene rings is 2. The SMILES string of the molecule is C/C=C\C=N/N(C)C(=NC(=N)c1ccccc1)c1ccccc1. The minimum Gasteiger partial charge on any atom is -0.282 e. The van der Waals surface area contributed by atoms with Crippen molar-refractivity contribution in [3.8, 4) is 0 Å². The fourth-order valence-corrected chi connectivity index (χ4v) is 1.96. The van der Waals surface area contributed by atoms with Crippen molar-refractivity contribution < 1.29 is 0 Å². The second kappa shape index (κ2) is 8.44. The molecule has 116 valence electrons. The zero-order valence-electron chi connectivity index (χ0n) is 13.3. The Bertz CT molecular complexity index is 716. The topological polar surface area (TPSA) is 51.8 Å². The molecule has 2 rings (SSSR count). The van der Waals surface area contributed by atoms with Gasteiger partial charge in [-0.15, -0.1) is 0 Å². The maximum atomic E-state index is 8.24. The van der Waals surface area contributed by atoms with Crippen LogP contribution in [0.1, 0.15) is 18.1 Å². The molecule has 0 atom stereocenters. The summed E-state index contributed by atoms with van der Waals surface area (Å²) in [5.74, 6) is 0.831. The number of nitrogens with zero attached hydrogens (tertiary/aromatic N) is 3. The summed E-state index contributed by atoms with van der Waals surface area (Å²) < 4.78 is 0. The Morgan fingerprint density at radius 3 is 2.09 bits per heavy atom.